The lowest BCUT2D eigenvalue weighted by molar-refractivity contribution is 0.625. The van der Waals surface area contributed by atoms with Crippen molar-refractivity contribution in [2.45, 2.75) is 37.9 Å². The van der Waals surface area contributed by atoms with Crippen molar-refractivity contribution in [1.82, 2.24) is 24.7 Å². The molecule has 108 valence electrons. The van der Waals surface area contributed by atoms with Crippen molar-refractivity contribution in [2.24, 2.45) is 0 Å². The van der Waals surface area contributed by atoms with E-state index in [-0.39, 0.29) is 0 Å². The molecule has 1 aliphatic heterocycles. The number of fused-ring (bicyclic) bond motifs is 2. The number of anilines is 2. The Labute approximate surface area is 119 Å². The highest BCUT2D eigenvalue weighted by Gasteiger charge is 2.29. The van der Waals surface area contributed by atoms with E-state index in [1.165, 1.54) is 0 Å². The van der Waals surface area contributed by atoms with Gasteiger partial charge in [-0.1, -0.05) is 19.8 Å². The molecule has 3 heterocycles. The van der Waals surface area contributed by atoms with Gasteiger partial charge in [0.05, 0.1) is 29.4 Å². The third-order valence-electron chi connectivity index (χ3n) is 3.45. The second kappa shape index (κ2) is 5.35. The van der Waals surface area contributed by atoms with Gasteiger partial charge in [-0.15, -0.1) is 10.2 Å². The summed E-state index contributed by atoms with van der Waals surface area (Å²) in [5, 5.41) is 8.79. The van der Waals surface area contributed by atoms with Gasteiger partial charge in [0.2, 0.25) is 11.1 Å². The molecular formula is C12H18N6OS. The minimum absolute atomic E-state index is 0.515. The Balaban J connectivity index is 1.97. The Bertz CT molecular complexity index is 634. The van der Waals surface area contributed by atoms with Crippen molar-refractivity contribution >= 4 is 22.6 Å². The highest BCUT2D eigenvalue weighted by Crippen LogP contribution is 2.32. The zero-order valence-corrected chi connectivity index (χ0v) is 12.5. The van der Waals surface area contributed by atoms with Crippen LogP contribution in [0.2, 0.25) is 0 Å². The number of nitrogens with zero attached hydrogens (tertiary/aromatic N) is 5. The van der Waals surface area contributed by atoms with Crippen LogP contribution in [0, 0.1) is 0 Å². The summed E-state index contributed by atoms with van der Waals surface area (Å²) in [6.07, 6.45) is 6.72. The maximum atomic E-state index is 11.7. The highest BCUT2D eigenvalue weighted by atomic mass is 32.2. The van der Waals surface area contributed by atoms with E-state index in [4.69, 9.17) is 0 Å². The predicted octanol–water partition coefficient (Wildman–Crippen LogP) is 1.43. The van der Waals surface area contributed by atoms with Crippen LogP contribution in [0.15, 0.2) is 11.5 Å². The smallest absolute Gasteiger partial charge is 0.234 e. The van der Waals surface area contributed by atoms with Gasteiger partial charge in [-0.3, -0.25) is 13.7 Å². The van der Waals surface area contributed by atoms with Crippen molar-refractivity contribution in [3.05, 3.63) is 12.0 Å². The zero-order chi connectivity index (χ0) is 14.1. The number of hydrogen-bond donors (Lipinski definition) is 1. The second-order valence-corrected chi connectivity index (χ2v) is 6.16. The van der Waals surface area contributed by atoms with Crippen LogP contribution in [0.1, 0.15) is 31.9 Å². The van der Waals surface area contributed by atoms with Gasteiger partial charge < -0.3 is 4.98 Å². The first-order valence-electron chi connectivity index (χ1n) is 6.78. The van der Waals surface area contributed by atoms with Crippen molar-refractivity contribution in [3.8, 4) is 0 Å². The first-order chi connectivity index (χ1) is 9.72. The molecular weight excluding hydrogens is 276 g/mol. The first kappa shape index (κ1) is 13.3. The standard InChI is InChI=1S/C12H18N6OS/c1-3-4-5-6-17-10-9(13-8-14-10)7-18-11(17)15-16-12(18)20(2)19/h8H,3-7H2,1-2H3,(H,13,14). The molecule has 20 heavy (non-hydrogen) atoms. The molecule has 0 amide bonds. The molecule has 1 aliphatic rings. The molecule has 2 aromatic heterocycles. The highest BCUT2D eigenvalue weighted by molar-refractivity contribution is 7.84. The molecule has 1 atom stereocenters. The van der Waals surface area contributed by atoms with Crippen molar-refractivity contribution in [3.63, 3.8) is 0 Å². The number of aromatic amines is 1. The summed E-state index contributed by atoms with van der Waals surface area (Å²) in [7, 11) is -1.15. The maximum absolute atomic E-state index is 11.7. The van der Waals surface area contributed by atoms with Gasteiger partial charge in [0.1, 0.15) is 0 Å². The van der Waals surface area contributed by atoms with E-state index in [0.717, 1.165) is 43.3 Å². The first-order valence-corrected chi connectivity index (χ1v) is 8.34. The fraction of sp³-hybridized carbons (Fsp3) is 0.583. The fourth-order valence-corrected chi connectivity index (χ4v) is 3.09. The van der Waals surface area contributed by atoms with E-state index in [9.17, 15) is 4.21 Å². The number of imidazole rings is 1. The van der Waals surface area contributed by atoms with Gasteiger partial charge in [-0.05, 0) is 6.42 Å². The molecule has 0 saturated heterocycles. The number of hydrogen-bond acceptors (Lipinski definition) is 5. The number of unbranched alkanes of at least 4 members (excludes halogenated alkanes) is 2. The van der Waals surface area contributed by atoms with Crippen molar-refractivity contribution in [2.75, 3.05) is 17.7 Å². The molecule has 1 N–H and O–H groups in total. The Morgan fingerprint density at radius 3 is 3.00 bits per heavy atom. The SMILES string of the molecule is CCCCCN1c2nc[nH]c2Cn2c1nnc2S(C)=O. The Hall–Kier alpha value is -1.70. The summed E-state index contributed by atoms with van der Waals surface area (Å²) in [4.78, 5) is 9.59. The predicted molar refractivity (Wildman–Crippen MR) is 76.6 cm³/mol. The van der Waals surface area contributed by atoms with Crippen LogP contribution < -0.4 is 4.90 Å². The van der Waals surface area contributed by atoms with Crippen LogP contribution in [-0.4, -0.2) is 41.7 Å². The number of H-pyrrole nitrogens is 1. The molecule has 0 bridgehead atoms. The second-order valence-electron chi connectivity index (χ2n) is 4.89. The molecule has 0 radical (unpaired) electrons. The van der Waals surface area contributed by atoms with E-state index < -0.39 is 10.8 Å². The van der Waals surface area contributed by atoms with Crippen LogP contribution in [0.25, 0.3) is 0 Å². The summed E-state index contributed by atoms with van der Waals surface area (Å²) in [5.74, 6) is 1.65. The van der Waals surface area contributed by atoms with Crippen LogP contribution >= 0.6 is 0 Å². The number of nitrogens with one attached hydrogen (secondary N) is 1. The van der Waals surface area contributed by atoms with Crippen LogP contribution in [-0.2, 0) is 17.3 Å². The monoisotopic (exact) mass is 294 g/mol. The molecule has 0 aliphatic carbocycles. The number of aromatic nitrogens is 5. The molecule has 8 heteroatoms. The minimum atomic E-state index is -1.15. The molecule has 3 rings (SSSR count). The van der Waals surface area contributed by atoms with E-state index in [0.29, 0.717) is 11.7 Å². The summed E-state index contributed by atoms with van der Waals surface area (Å²) in [5.41, 5.74) is 1.01. The summed E-state index contributed by atoms with van der Waals surface area (Å²) >= 11 is 0. The molecule has 0 fully saturated rings. The van der Waals surface area contributed by atoms with Gasteiger partial charge in [-0.25, -0.2) is 4.98 Å². The van der Waals surface area contributed by atoms with E-state index in [2.05, 4.69) is 32.0 Å². The normalized spacial score (nSPS) is 15.0. The lowest BCUT2D eigenvalue weighted by Crippen LogP contribution is -2.28. The molecule has 7 nitrogen and oxygen atoms in total. The van der Waals surface area contributed by atoms with Gasteiger partial charge in [0.15, 0.2) is 5.82 Å². The molecule has 0 spiro atoms. The Kier molecular flexibility index (Phi) is 3.56. The average molecular weight is 294 g/mol. The summed E-state index contributed by atoms with van der Waals surface area (Å²) in [6.45, 7) is 3.62. The third-order valence-corrected chi connectivity index (χ3v) is 4.26. The zero-order valence-electron chi connectivity index (χ0n) is 11.7. The van der Waals surface area contributed by atoms with Gasteiger partial charge >= 0.3 is 0 Å². The fourth-order valence-electron chi connectivity index (χ4n) is 2.47. The van der Waals surface area contributed by atoms with Crippen LogP contribution in [0.4, 0.5) is 11.8 Å². The molecule has 0 aromatic carbocycles. The third kappa shape index (κ3) is 2.13. The topological polar surface area (TPSA) is 79.7 Å². The van der Waals surface area contributed by atoms with Crippen molar-refractivity contribution < 1.29 is 4.21 Å². The van der Waals surface area contributed by atoms with E-state index in [1.54, 1.807) is 12.6 Å². The Morgan fingerprint density at radius 2 is 2.25 bits per heavy atom. The van der Waals surface area contributed by atoms with Crippen molar-refractivity contribution in [1.29, 1.82) is 0 Å². The van der Waals surface area contributed by atoms with E-state index in [1.807, 2.05) is 4.57 Å². The van der Waals surface area contributed by atoms with Gasteiger partial charge in [-0.2, -0.15) is 0 Å². The summed E-state index contributed by atoms with van der Waals surface area (Å²) < 4.78 is 13.6. The molecule has 1 unspecified atom stereocenters. The average Bonchev–Trinajstić information content (AvgIpc) is 3.03. The molecule has 0 saturated carbocycles. The lowest BCUT2D eigenvalue weighted by atomic mass is 10.2. The van der Waals surface area contributed by atoms with E-state index >= 15 is 0 Å². The maximum Gasteiger partial charge on any atom is 0.234 e. The quantitative estimate of drug-likeness (QED) is 0.844. The summed E-state index contributed by atoms with van der Waals surface area (Å²) in [6, 6.07) is 0. The minimum Gasteiger partial charge on any atom is -0.345 e. The van der Waals surface area contributed by atoms with Gasteiger partial charge in [0, 0.05) is 12.8 Å². The lowest BCUT2D eigenvalue weighted by Gasteiger charge is -2.27. The number of rotatable bonds is 5. The van der Waals surface area contributed by atoms with Crippen LogP contribution in [0.5, 0.6) is 0 Å². The van der Waals surface area contributed by atoms with Crippen LogP contribution in [0.3, 0.4) is 0 Å². The largest absolute Gasteiger partial charge is 0.345 e. The Morgan fingerprint density at radius 1 is 1.40 bits per heavy atom. The van der Waals surface area contributed by atoms with Gasteiger partial charge in [0.25, 0.3) is 0 Å². The molecule has 2 aromatic rings.